The molecule has 4 nitrogen and oxygen atoms in total. The summed E-state index contributed by atoms with van der Waals surface area (Å²) in [7, 11) is 1.94. The van der Waals surface area contributed by atoms with Gasteiger partial charge in [-0.2, -0.15) is 0 Å². The maximum atomic E-state index is 4.32. The Morgan fingerprint density at radius 3 is 2.50 bits per heavy atom. The van der Waals surface area contributed by atoms with E-state index in [0.717, 1.165) is 16.9 Å². The normalized spacial score (nSPS) is 12.3. The lowest BCUT2D eigenvalue weighted by Crippen LogP contribution is -2.14. The summed E-state index contributed by atoms with van der Waals surface area (Å²) >= 11 is 0. The largest absolute Gasteiger partial charge is 0.318 e. The molecule has 0 aliphatic carbocycles. The Labute approximate surface area is 83.0 Å². The summed E-state index contributed by atoms with van der Waals surface area (Å²) in [5, 5.41) is 0. The number of aromatic nitrogens is 4. The number of rotatable bonds is 0. The molecule has 0 saturated heterocycles. The number of nitrogens with zero attached hydrogens (tertiary/aromatic N) is 4. The number of hydrogen-bond acceptors (Lipinski definition) is 3. The quantitative estimate of drug-likeness (QED) is 0.634. The minimum Gasteiger partial charge on any atom is -0.318 e. The van der Waals surface area contributed by atoms with Gasteiger partial charge >= 0.3 is 0 Å². The summed E-state index contributed by atoms with van der Waals surface area (Å²) < 4.78 is 1.91. The summed E-state index contributed by atoms with van der Waals surface area (Å²) in [5.74, 6) is 0. The van der Waals surface area contributed by atoms with Gasteiger partial charge in [0.05, 0.1) is 12.0 Å². The Balaban J connectivity index is 2.79. The highest BCUT2D eigenvalue weighted by molar-refractivity contribution is 5.74. The van der Waals surface area contributed by atoms with E-state index in [1.54, 1.807) is 12.7 Å². The Morgan fingerprint density at radius 2 is 1.86 bits per heavy atom. The van der Waals surface area contributed by atoms with E-state index < -0.39 is 0 Å². The molecule has 0 amide bonds. The van der Waals surface area contributed by atoms with Crippen LogP contribution in [0.5, 0.6) is 0 Å². The van der Waals surface area contributed by atoms with Crippen molar-refractivity contribution in [2.75, 3.05) is 0 Å². The van der Waals surface area contributed by atoms with Gasteiger partial charge in [0, 0.05) is 12.5 Å². The molecule has 2 aromatic rings. The summed E-state index contributed by atoms with van der Waals surface area (Å²) in [5.41, 5.74) is 2.81. The minimum absolute atomic E-state index is 0.00947. The van der Waals surface area contributed by atoms with Crippen molar-refractivity contribution >= 4 is 11.2 Å². The van der Waals surface area contributed by atoms with Gasteiger partial charge < -0.3 is 4.57 Å². The average Bonchev–Trinajstić information content (AvgIpc) is 2.46. The smallest absolute Gasteiger partial charge is 0.163 e. The van der Waals surface area contributed by atoms with Crippen LogP contribution < -0.4 is 0 Å². The van der Waals surface area contributed by atoms with Crippen LogP contribution in [0.1, 0.15) is 26.5 Å². The van der Waals surface area contributed by atoms with E-state index in [2.05, 4.69) is 35.7 Å². The molecule has 74 valence electrons. The van der Waals surface area contributed by atoms with Gasteiger partial charge in [-0.1, -0.05) is 20.8 Å². The predicted octanol–water partition coefficient (Wildman–Crippen LogP) is 1.66. The molecular weight excluding hydrogens is 176 g/mol. The fourth-order valence-corrected chi connectivity index (χ4v) is 1.49. The van der Waals surface area contributed by atoms with E-state index in [0.29, 0.717) is 0 Å². The Morgan fingerprint density at radius 1 is 1.14 bits per heavy atom. The predicted molar refractivity (Wildman–Crippen MR) is 55.0 cm³/mol. The van der Waals surface area contributed by atoms with Crippen molar-refractivity contribution < 1.29 is 0 Å². The van der Waals surface area contributed by atoms with Crippen LogP contribution in [0.25, 0.3) is 11.2 Å². The molecule has 0 aliphatic heterocycles. The fraction of sp³-hybridized carbons (Fsp3) is 0.500. The van der Waals surface area contributed by atoms with Crippen LogP contribution in [0.2, 0.25) is 0 Å². The van der Waals surface area contributed by atoms with Gasteiger partial charge in [0.2, 0.25) is 0 Å². The maximum Gasteiger partial charge on any atom is 0.163 e. The van der Waals surface area contributed by atoms with Gasteiger partial charge in [-0.05, 0) is 0 Å². The standard InChI is InChI=1S/C10H14N4/c1-10(2,3)8-7-9(12-5-11-8)14(4)6-13-7/h5-6H,1-4H3. The third kappa shape index (κ3) is 1.27. The molecule has 0 bridgehead atoms. The molecule has 0 atom stereocenters. The average molecular weight is 190 g/mol. The summed E-state index contributed by atoms with van der Waals surface area (Å²) in [4.78, 5) is 12.8. The van der Waals surface area contributed by atoms with Crippen molar-refractivity contribution in [2.24, 2.45) is 7.05 Å². The zero-order valence-electron chi connectivity index (χ0n) is 8.94. The highest BCUT2D eigenvalue weighted by atomic mass is 15.1. The van der Waals surface area contributed by atoms with Crippen LogP contribution in [0, 0.1) is 0 Å². The summed E-state index contributed by atoms with van der Waals surface area (Å²) in [6.07, 6.45) is 3.37. The Hall–Kier alpha value is -1.45. The minimum atomic E-state index is 0.00947. The molecule has 14 heavy (non-hydrogen) atoms. The van der Waals surface area contributed by atoms with Crippen molar-refractivity contribution in [3.05, 3.63) is 18.3 Å². The number of fused-ring (bicyclic) bond motifs is 1. The van der Waals surface area contributed by atoms with Crippen LogP contribution in [0.15, 0.2) is 12.7 Å². The molecule has 0 fully saturated rings. The Bertz CT molecular complexity index is 464. The van der Waals surface area contributed by atoms with Crippen molar-refractivity contribution in [1.82, 2.24) is 19.5 Å². The zero-order valence-corrected chi connectivity index (χ0v) is 8.94. The lowest BCUT2D eigenvalue weighted by molar-refractivity contribution is 0.572. The van der Waals surface area contributed by atoms with E-state index in [9.17, 15) is 0 Å². The first-order valence-corrected chi connectivity index (χ1v) is 4.62. The van der Waals surface area contributed by atoms with Crippen molar-refractivity contribution in [3.63, 3.8) is 0 Å². The Kier molecular flexibility index (Phi) is 1.80. The molecule has 2 aromatic heterocycles. The van der Waals surface area contributed by atoms with Gasteiger partial charge in [0.25, 0.3) is 0 Å². The second-order valence-corrected chi connectivity index (χ2v) is 4.50. The first kappa shape index (κ1) is 9.12. The van der Waals surface area contributed by atoms with Gasteiger partial charge in [-0.15, -0.1) is 0 Å². The van der Waals surface area contributed by atoms with Gasteiger partial charge in [0.1, 0.15) is 11.8 Å². The third-order valence-electron chi connectivity index (χ3n) is 2.21. The summed E-state index contributed by atoms with van der Waals surface area (Å²) in [6.45, 7) is 6.39. The second-order valence-electron chi connectivity index (χ2n) is 4.50. The van der Waals surface area contributed by atoms with Crippen LogP contribution in [-0.2, 0) is 12.5 Å². The highest BCUT2D eigenvalue weighted by Gasteiger charge is 2.20. The molecule has 0 N–H and O–H groups in total. The highest BCUT2D eigenvalue weighted by Crippen LogP contribution is 2.25. The first-order valence-electron chi connectivity index (χ1n) is 4.62. The number of hydrogen-bond donors (Lipinski definition) is 0. The molecule has 2 heterocycles. The SMILES string of the molecule is Cn1cnc2c(C(C)(C)C)ncnc21. The van der Waals surface area contributed by atoms with E-state index in [4.69, 9.17) is 0 Å². The van der Waals surface area contributed by atoms with Crippen LogP contribution in [0.4, 0.5) is 0 Å². The molecule has 0 aromatic carbocycles. The van der Waals surface area contributed by atoms with Crippen molar-refractivity contribution in [2.45, 2.75) is 26.2 Å². The molecule has 0 radical (unpaired) electrons. The fourth-order valence-electron chi connectivity index (χ4n) is 1.49. The summed E-state index contributed by atoms with van der Waals surface area (Å²) in [6, 6.07) is 0. The molecule has 0 saturated carbocycles. The van der Waals surface area contributed by atoms with Gasteiger partial charge in [-0.3, -0.25) is 0 Å². The number of aryl methyl sites for hydroxylation is 1. The molecule has 0 aliphatic rings. The molecule has 0 spiro atoms. The van der Waals surface area contributed by atoms with Crippen LogP contribution in [-0.4, -0.2) is 19.5 Å². The second kappa shape index (κ2) is 2.77. The lowest BCUT2D eigenvalue weighted by Gasteiger charge is -2.17. The topological polar surface area (TPSA) is 43.6 Å². The molecular formula is C10H14N4. The first-order chi connectivity index (χ1) is 6.50. The lowest BCUT2D eigenvalue weighted by atomic mass is 9.91. The maximum absolute atomic E-state index is 4.32. The van der Waals surface area contributed by atoms with E-state index in [1.807, 2.05) is 11.6 Å². The van der Waals surface area contributed by atoms with E-state index >= 15 is 0 Å². The van der Waals surface area contributed by atoms with E-state index in [-0.39, 0.29) is 5.41 Å². The van der Waals surface area contributed by atoms with Crippen LogP contribution >= 0.6 is 0 Å². The van der Waals surface area contributed by atoms with Gasteiger partial charge in [0.15, 0.2) is 5.65 Å². The molecule has 0 unspecified atom stereocenters. The van der Waals surface area contributed by atoms with Crippen molar-refractivity contribution in [3.8, 4) is 0 Å². The number of imidazole rings is 1. The van der Waals surface area contributed by atoms with E-state index in [1.165, 1.54) is 0 Å². The van der Waals surface area contributed by atoms with Gasteiger partial charge in [-0.25, -0.2) is 15.0 Å². The third-order valence-corrected chi connectivity index (χ3v) is 2.21. The van der Waals surface area contributed by atoms with Crippen molar-refractivity contribution in [1.29, 1.82) is 0 Å². The van der Waals surface area contributed by atoms with Crippen LogP contribution in [0.3, 0.4) is 0 Å². The zero-order chi connectivity index (χ0) is 10.3. The monoisotopic (exact) mass is 190 g/mol. The molecule has 4 heteroatoms. The molecule has 2 rings (SSSR count).